The molecule has 1 N–H and O–H groups in total. The summed E-state index contributed by atoms with van der Waals surface area (Å²) in [5, 5.41) is 7.97. The van der Waals surface area contributed by atoms with Gasteiger partial charge in [0.15, 0.2) is 11.5 Å². The molecule has 0 spiro atoms. The molecule has 59 heavy (non-hydrogen) atoms. The molecule has 0 aliphatic heterocycles. The number of terminal acetylenes is 1. The number of carbonyl (C=O) groups is 2. The normalized spacial score (nSPS) is 12.0. The summed E-state index contributed by atoms with van der Waals surface area (Å²) in [6, 6.07) is 34.2. The summed E-state index contributed by atoms with van der Waals surface area (Å²) in [5.74, 6) is 3.64. The number of hydrogen-bond acceptors (Lipinski definition) is 11. The number of fused-ring (bicyclic) bond motifs is 3. The largest absolute Gasteiger partial charge is 0.497 e. The van der Waals surface area contributed by atoms with Gasteiger partial charge in [0.25, 0.3) is 0 Å². The van der Waals surface area contributed by atoms with Crippen LogP contribution >= 0.6 is 0 Å². The predicted octanol–water partition coefficient (Wildman–Crippen LogP) is 9.13. The number of anilines is 2. The quantitative estimate of drug-likeness (QED) is 0.0572. The zero-order chi connectivity index (χ0) is 41.3. The molecular weight excluding hydrogens is 747 g/mol. The minimum Gasteiger partial charge on any atom is -0.497 e. The van der Waals surface area contributed by atoms with Crippen molar-refractivity contribution in [3.8, 4) is 35.3 Å². The second-order valence-corrected chi connectivity index (χ2v) is 13.8. The Kier molecular flexibility index (Phi) is 12.4. The molecule has 2 unspecified atom stereocenters. The van der Waals surface area contributed by atoms with Gasteiger partial charge in [-0.3, -0.25) is 9.59 Å². The molecule has 0 saturated heterocycles. The number of benzene rings is 6. The van der Waals surface area contributed by atoms with Gasteiger partial charge in [-0.1, -0.05) is 60.5 Å². The second kappa shape index (κ2) is 18.3. The SMILES string of the molecule is C#Cc1cccc(Nc2ncnc3cc(OCCOC(=O)C(C)c4ccc5cc(OC)ccc5c4)c(OCCOC(=O)C(C)c4ccc5cc(OC)ccc5c4)cc23)c1. The molecule has 2 atom stereocenters. The predicted molar refractivity (Wildman–Crippen MR) is 228 cm³/mol. The van der Waals surface area contributed by atoms with Gasteiger partial charge in [-0.2, -0.15) is 0 Å². The van der Waals surface area contributed by atoms with E-state index in [1.54, 1.807) is 26.4 Å². The van der Waals surface area contributed by atoms with Gasteiger partial charge in [0.1, 0.15) is 50.1 Å². The lowest BCUT2D eigenvalue weighted by Gasteiger charge is -2.17. The van der Waals surface area contributed by atoms with Gasteiger partial charge in [0.2, 0.25) is 0 Å². The van der Waals surface area contributed by atoms with E-state index in [1.165, 1.54) is 6.33 Å². The number of esters is 2. The van der Waals surface area contributed by atoms with E-state index in [1.807, 2.05) is 111 Å². The van der Waals surface area contributed by atoms with Gasteiger partial charge in [-0.25, -0.2) is 9.97 Å². The fourth-order valence-electron chi connectivity index (χ4n) is 6.60. The van der Waals surface area contributed by atoms with E-state index < -0.39 is 11.8 Å². The highest BCUT2D eigenvalue weighted by Gasteiger charge is 2.20. The van der Waals surface area contributed by atoms with Crippen LogP contribution in [0.3, 0.4) is 0 Å². The van der Waals surface area contributed by atoms with Crippen molar-refractivity contribution in [2.75, 3.05) is 46.0 Å². The molecule has 7 aromatic rings. The molecule has 0 bridgehead atoms. The van der Waals surface area contributed by atoms with Crippen molar-refractivity contribution < 1.29 is 38.0 Å². The Balaban J connectivity index is 1.02. The molecule has 0 radical (unpaired) electrons. The Bertz CT molecular complexity index is 2690. The number of aromatic nitrogens is 2. The minimum absolute atomic E-state index is 0.00858. The third-order valence-electron chi connectivity index (χ3n) is 10.0. The lowest BCUT2D eigenvalue weighted by Crippen LogP contribution is -2.18. The maximum atomic E-state index is 13.1. The lowest BCUT2D eigenvalue weighted by molar-refractivity contribution is -0.146. The minimum atomic E-state index is -0.504. The highest BCUT2D eigenvalue weighted by molar-refractivity contribution is 5.93. The molecule has 11 nitrogen and oxygen atoms in total. The highest BCUT2D eigenvalue weighted by atomic mass is 16.6. The van der Waals surface area contributed by atoms with Crippen molar-refractivity contribution in [3.63, 3.8) is 0 Å². The zero-order valence-corrected chi connectivity index (χ0v) is 33.2. The van der Waals surface area contributed by atoms with Crippen molar-refractivity contribution in [2.24, 2.45) is 0 Å². The Hall–Kier alpha value is -7.32. The van der Waals surface area contributed by atoms with Crippen LogP contribution in [-0.2, 0) is 19.1 Å². The van der Waals surface area contributed by atoms with Gasteiger partial charge < -0.3 is 33.7 Å². The molecule has 0 fully saturated rings. The Morgan fingerprint density at radius 1 is 0.644 bits per heavy atom. The molecule has 1 heterocycles. The Morgan fingerprint density at radius 2 is 1.19 bits per heavy atom. The smallest absolute Gasteiger partial charge is 0.313 e. The van der Waals surface area contributed by atoms with Crippen LogP contribution in [0, 0.1) is 12.3 Å². The van der Waals surface area contributed by atoms with E-state index >= 15 is 0 Å². The molecular formula is C48H43N3O8. The molecule has 0 aliphatic carbocycles. The molecule has 0 saturated carbocycles. The maximum Gasteiger partial charge on any atom is 0.313 e. The van der Waals surface area contributed by atoms with Crippen molar-refractivity contribution >= 4 is 55.9 Å². The number of carbonyl (C=O) groups excluding carboxylic acids is 2. The first-order valence-corrected chi connectivity index (χ1v) is 19.1. The average Bonchev–Trinajstić information content (AvgIpc) is 3.27. The number of nitrogens with one attached hydrogen (secondary N) is 1. The average molecular weight is 790 g/mol. The van der Waals surface area contributed by atoms with Crippen LogP contribution in [0.4, 0.5) is 11.5 Å². The van der Waals surface area contributed by atoms with Crippen molar-refractivity contribution in [1.82, 2.24) is 9.97 Å². The van der Waals surface area contributed by atoms with Crippen LogP contribution < -0.4 is 24.3 Å². The summed E-state index contributed by atoms with van der Waals surface area (Å²) in [4.78, 5) is 35.2. The third kappa shape index (κ3) is 9.46. The first kappa shape index (κ1) is 39.9. The number of hydrogen-bond donors (Lipinski definition) is 1. The van der Waals surface area contributed by atoms with Gasteiger partial charge in [0, 0.05) is 22.7 Å². The highest BCUT2D eigenvalue weighted by Crippen LogP contribution is 2.35. The summed E-state index contributed by atoms with van der Waals surface area (Å²) in [7, 11) is 3.26. The monoisotopic (exact) mass is 789 g/mol. The van der Waals surface area contributed by atoms with Crippen molar-refractivity contribution in [2.45, 2.75) is 25.7 Å². The van der Waals surface area contributed by atoms with Crippen LogP contribution in [-0.4, -0.2) is 62.6 Å². The lowest BCUT2D eigenvalue weighted by atomic mass is 9.98. The molecule has 6 aromatic carbocycles. The number of rotatable bonds is 16. The summed E-state index contributed by atoms with van der Waals surface area (Å²) in [6.07, 6.45) is 7.07. The van der Waals surface area contributed by atoms with E-state index in [0.717, 1.165) is 49.9 Å². The van der Waals surface area contributed by atoms with Gasteiger partial charge in [-0.15, -0.1) is 6.42 Å². The van der Waals surface area contributed by atoms with Crippen LogP contribution in [0.25, 0.3) is 32.4 Å². The fraction of sp³-hybridized carbons (Fsp3) is 0.208. The molecule has 1 aromatic heterocycles. The summed E-state index contributed by atoms with van der Waals surface area (Å²) < 4.78 is 34.3. The van der Waals surface area contributed by atoms with E-state index in [4.69, 9.17) is 34.8 Å². The summed E-state index contributed by atoms with van der Waals surface area (Å²) in [6.45, 7) is 3.67. The molecule has 298 valence electrons. The number of methoxy groups -OCH3 is 2. The molecule has 0 aliphatic rings. The van der Waals surface area contributed by atoms with Crippen molar-refractivity contribution in [1.29, 1.82) is 0 Å². The van der Waals surface area contributed by atoms with Crippen LogP contribution in [0.15, 0.2) is 116 Å². The Labute approximate surface area is 342 Å². The van der Waals surface area contributed by atoms with Gasteiger partial charge in [0.05, 0.1) is 31.6 Å². The summed E-state index contributed by atoms with van der Waals surface area (Å²) in [5.41, 5.74) is 3.70. The molecule has 0 amide bonds. The van der Waals surface area contributed by atoms with Crippen molar-refractivity contribution in [3.05, 3.63) is 132 Å². The molecule has 7 rings (SSSR count). The Morgan fingerprint density at radius 3 is 1.75 bits per heavy atom. The maximum absolute atomic E-state index is 13.1. The van der Waals surface area contributed by atoms with Gasteiger partial charge in [-0.05, 0) is 95.1 Å². The van der Waals surface area contributed by atoms with Crippen LogP contribution in [0.1, 0.15) is 42.4 Å². The van der Waals surface area contributed by atoms with E-state index in [9.17, 15) is 9.59 Å². The number of nitrogens with zero attached hydrogens (tertiary/aromatic N) is 2. The standard InChI is InChI=1S/C48H43N3O8/c1-6-32-8-7-9-39(22-32)51-46-42-27-44(56-18-20-58-47(52)30(2)33-10-12-37-25-40(54-4)16-14-35(37)23-33)45(28-43(42)49-29-50-46)57-19-21-59-48(53)31(3)34-11-13-38-26-41(55-5)17-15-36(38)24-34/h1,7-17,22-31H,18-21H2,2-5H3,(H,49,50,51). The van der Waals surface area contributed by atoms with E-state index in [-0.39, 0.29) is 38.4 Å². The first-order valence-electron chi connectivity index (χ1n) is 19.1. The molecule has 11 heteroatoms. The second-order valence-electron chi connectivity index (χ2n) is 13.8. The summed E-state index contributed by atoms with van der Waals surface area (Å²) >= 11 is 0. The van der Waals surface area contributed by atoms with E-state index in [0.29, 0.717) is 33.8 Å². The van der Waals surface area contributed by atoms with E-state index in [2.05, 4.69) is 21.2 Å². The topological polar surface area (TPSA) is 127 Å². The zero-order valence-electron chi connectivity index (χ0n) is 33.2. The van der Waals surface area contributed by atoms with Crippen LogP contribution in [0.2, 0.25) is 0 Å². The van der Waals surface area contributed by atoms with Crippen LogP contribution in [0.5, 0.6) is 23.0 Å². The fourth-order valence-corrected chi connectivity index (χ4v) is 6.60. The first-order chi connectivity index (χ1) is 28.7. The third-order valence-corrected chi connectivity index (χ3v) is 10.0. The van der Waals surface area contributed by atoms with Gasteiger partial charge >= 0.3 is 11.9 Å². The number of ether oxygens (including phenoxy) is 6.